The monoisotopic (exact) mass is 336 g/mol. The van der Waals surface area contributed by atoms with E-state index in [2.05, 4.69) is 37.0 Å². The minimum Gasteiger partial charge on any atom is -0.351 e. The molecule has 1 aliphatic heterocycles. The van der Waals surface area contributed by atoms with Crippen LogP contribution >= 0.6 is 0 Å². The van der Waals surface area contributed by atoms with Crippen LogP contribution in [0.25, 0.3) is 5.65 Å². The zero-order valence-electron chi connectivity index (χ0n) is 14.4. The Balaban J connectivity index is 1.33. The van der Waals surface area contributed by atoms with Gasteiger partial charge in [0.2, 0.25) is 5.95 Å². The van der Waals surface area contributed by atoms with Crippen LogP contribution in [0, 0.1) is 6.92 Å². The van der Waals surface area contributed by atoms with Crippen molar-refractivity contribution in [2.24, 2.45) is 0 Å². The van der Waals surface area contributed by atoms with Crippen molar-refractivity contribution in [3.05, 3.63) is 35.9 Å². The first kappa shape index (κ1) is 14.6. The Hall–Kier alpha value is -2.77. The molecular weight excluding hydrogens is 316 g/mol. The molecule has 0 aromatic carbocycles. The summed E-state index contributed by atoms with van der Waals surface area (Å²) in [5.41, 5.74) is 1.81. The van der Waals surface area contributed by atoms with Crippen LogP contribution in [0.15, 0.2) is 24.4 Å². The van der Waals surface area contributed by atoms with E-state index in [9.17, 15) is 0 Å². The maximum absolute atomic E-state index is 4.77. The van der Waals surface area contributed by atoms with Crippen LogP contribution in [0.1, 0.15) is 30.3 Å². The molecule has 2 fully saturated rings. The van der Waals surface area contributed by atoms with E-state index >= 15 is 0 Å². The molecule has 4 heterocycles. The number of hydrogen-bond donors (Lipinski definition) is 0. The number of aromatic nitrogens is 6. The van der Waals surface area contributed by atoms with Crippen molar-refractivity contribution in [2.45, 2.75) is 31.7 Å². The lowest BCUT2D eigenvalue weighted by Gasteiger charge is -2.44. The summed E-state index contributed by atoms with van der Waals surface area (Å²) in [6, 6.07) is 6.34. The molecule has 5 rings (SSSR count). The highest BCUT2D eigenvalue weighted by molar-refractivity contribution is 5.50. The predicted octanol–water partition coefficient (Wildman–Crippen LogP) is 1.43. The van der Waals surface area contributed by atoms with E-state index < -0.39 is 0 Å². The van der Waals surface area contributed by atoms with Crippen LogP contribution < -0.4 is 9.80 Å². The fraction of sp³-hybridized carbons (Fsp3) is 0.471. The van der Waals surface area contributed by atoms with Crippen LogP contribution in [-0.4, -0.2) is 56.0 Å². The normalized spacial score (nSPS) is 17.8. The van der Waals surface area contributed by atoms with E-state index in [-0.39, 0.29) is 0 Å². The van der Waals surface area contributed by atoms with Crippen molar-refractivity contribution in [3.8, 4) is 0 Å². The molecule has 0 N–H and O–H groups in total. The van der Waals surface area contributed by atoms with E-state index in [4.69, 9.17) is 5.10 Å². The van der Waals surface area contributed by atoms with Crippen molar-refractivity contribution in [1.29, 1.82) is 0 Å². The summed E-state index contributed by atoms with van der Waals surface area (Å²) in [4.78, 5) is 13.3. The lowest BCUT2D eigenvalue weighted by atomic mass is 10.1. The molecule has 25 heavy (non-hydrogen) atoms. The fourth-order valence-electron chi connectivity index (χ4n) is 3.22. The van der Waals surface area contributed by atoms with Crippen molar-refractivity contribution in [2.75, 3.05) is 29.9 Å². The zero-order chi connectivity index (χ0) is 17.0. The van der Waals surface area contributed by atoms with Crippen molar-refractivity contribution < 1.29 is 0 Å². The second-order valence-corrected chi connectivity index (χ2v) is 6.96. The van der Waals surface area contributed by atoms with Crippen LogP contribution in [0.3, 0.4) is 0 Å². The van der Waals surface area contributed by atoms with Gasteiger partial charge in [-0.15, -0.1) is 15.3 Å². The molecule has 8 nitrogen and oxygen atoms in total. The molecule has 0 amide bonds. The summed E-state index contributed by atoms with van der Waals surface area (Å²) in [6.07, 6.45) is 4.20. The van der Waals surface area contributed by atoms with Gasteiger partial charge in [-0.1, -0.05) is 0 Å². The summed E-state index contributed by atoms with van der Waals surface area (Å²) in [7, 11) is 2.05. The lowest BCUT2D eigenvalue weighted by molar-refractivity contribution is 0.483. The molecule has 3 aromatic heterocycles. The largest absolute Gasteiger partial charge is 0.351 e. The van der Waals surface area contributed by atoms with E-state index in [1.54, 1.807) is 0 Å². The first-order valence-corrected chi connectivity index (χ1v) is 8.69. The zero-order valence-corrected chi connectivity index (χ0v) is 14.4. The number of aryl methyl sites for hydroxylation is 1. The second-order valence-electron chi connectivity index (χ2n) is 6.96. The van der Waals surface area contributed by atoms with Gasteiger partial charge in [-0.3, -0.25) is 0 Å². The minimum atomic E-state index is 0.392. The van der Waals surface area contributed by atoms with E-state index in [1.807, 2.05) is 35.8 Å². The molecule has 1 saturated carbocycles. The molecule has 1 saturated heterocycles. The standard InChI is InChI=1S/C17H20N8/c1-11-7-8-18-17(19-11)23(2)13-9-24(10-13)15-6-5-14-20-21-16(12-3-4-12)25(14)22-15/h5-8,12-13H,3-4,9-10H2,1-2H3. The van der Waals surface area contributed by atoms with Crippen LogP contribution in [0.5, 0.6) is 0 Å². The average Bonchev–Trinajstić information content (AvgIpc) is 3.33. The number of hydrogen-bond acceptors (Lipinski definition) is 7. The van der Waals surface area contributed by atoms with Gasteiger partial charge in [0.05, 0.1) is 6.04 Å². The van der Waals surface area contributed by atoms with Gasteiger partial charge in [-0.25, -0.2) is 9.97 Å². The third-order valence-corrected chi connectivity index (χ3v) is 5.05. The van der Waals surface area contributed by atoms with Gasteiger partial charge < -0.3 is 9.80 Å². The maximum atomic E-state index is 4.77. The van der Waals surface area contributed by atoms with Crippen molar-refractivity contribution in [3.63, 3.8) is 0 Å². The molecule has 0 bridgehead atoms. The van der Waals surface area contributed by atoms with Gasteiger partial charge >= 0.3 is 0 Å². The molecule has 8 heteroatoms. The third-order valence-electron chi connectivity index (χ3n) is 5.05. The highest BCUT2D eigenvalue weighted by Gasteiger charge is 2.33. The Labute approximate surface area is 145 Å². The van der Waals surface area contributed by atoms with Gasteiger partial charge in [-0.05, 0) is 38.0 Å². The van der Waals surface area contributed by atoms with Gasteiger partial charge in [-0.2, -0.15) is 4.52 Å². The number of fused-ring (bicyclic) bond motifs is 1. The molecule has 0 atom stereocenters. The molecule has 128 valence electrons. The second kappa shape index (κ2) is 5.37. The molecular formula is C17H20N8. The molecule has 3 aromatic rings. The summed E-state index contributed by atoms with van der Waals surface area (Å²) in [5.74, 6) is 3.29. The topological polar surface area (TPSA) is 75.3 Å². The van der Waals surface area contributed by atoms with E-state index in [0.717, 1.165) is 42.0 Å². The molecule has 0 radical (unpaired) electrons. The van der Waals surface area contributed by atoms with Gasteiger partial charge in [0, 0.05) is 37.9 Å². The molecule has 2 aliphatic rings. The smallest absolute Gasteiger partial charge is 0.225 e. The number of likely N-dealkylation sites (N-methyl/N-ethyl adjacent to an activating group) is 1. The summed E-state index contributed by atoms with van der Waals surface area (Å²) >= 11 is 0. The Morgan fingerprint density at radius 3 is 2.72 bits per heavy atom. The Kier molecular flexibility index (Phi) is 3.13. The maximum Gasteiger partial charge on any atom is 0.225 e. The predicted molar refractivity (Wildman–Crippen MR) is 93.9 cm³/mol. The van der Waals surface area contributed by atoms with Gasteiger partial charge in [0.15, 0.2) is 11.5 Å². The summed E-state index contributed by atoms with van der Waals surface area (Å²) < 4.78 is 1.91. The molecule has 0 unspecified atom stereocenters. The number of anilines is 2. The molecule has 1 aliphatic carbocycles. The Morgan fingerprint density at radius 2 is 1.96 bits per heavy atom. The number of rotatable bonds is 4. The first-order valence-electron chi connectivity index (χ1n) is 8.69. The quantitative estimate of drug-likeness (QED) is 0.713. The van der Waals surface area contributed by atoms with Crippen molar-refractivity contribution >= 4 is 17.4 Å². The summed E-state index contributed by atoms with van der Waals surface area (Å²) in [5, 5.41) is 13.3. The SMILES string of the molecule is Cc1ccnc(N(C)C2CN(c3ccc4nnc(C5CC5)n4n3)C2)n1. The summed E-state index contributed by atoms with van der Waals surface area (Å²) in [6.45, 7) is 3.81. The first-order chi connectivity index (χ1) is 12.2. The van der Waals surface area contributed by atoms with E-state index in [1.165, 1.54) is 12.8 Å². The Bertz CT molecular complexity index is 925. The van der Waals surface area contributed by atoms with Crippen LogP contribution in [0.4, 0.5) is 11.8 Å². The van der Waals surface area contributed by atoms with E-state index in [0.29, 0.717) is 12.0 Å². The Morgan fingerprint density at radius 1 is 1.12 bits per heavy atom. The number of nitrogens with zero attached hydrogens (tertiary/aromatic N) is 8. The van der Waals surface area contributed by atoms with Crippen LogP contribution in [0.2, 0.25) is 0 Å². The highest BCUT2D eigenvalue weighted by atomic mass is 15.4. The molecule has 0 spiro atoms. The highest BCUT2D eigenvalue weighted by Crippen LogP contribution is 2.38. The minimum absolute atomic E-state index is 0.392. The van der Waals surface area contributed by atoms with Gasteiger partial charge in [0.25, 0.3) is 0 Å². The van der Waals surface area contributed by atoms with Gasteiger partial charge in [0.1, 0.15) is 5.82 Å². The van der Waals surface area contributed by atoms with Crippen molar-refractivity contribution in [1.82, 2.24) is 29.8 Å². The average molecular weight is 336 g/mol. The lowest BCUT2D eigenvalue weighted by Crippen LogP contribution is -2.59. The van der Waals surface area contributed by atoms with Crippen LogP contribution in [-0.2, 0) is 0 Å². The third kappa shape index (κ3) is 2.48. The fourth-order valence-corrected chi connectivity index (χ4v) is 3.22.